The van der Waals surface area contributed by atoms with E-state index in [0.29, 0.717) is 11.8 Å². The highest BCUT2D eigenvalue weighted by Crippen LogP contribution is 2.17. The second kappa shape index (κ2) is 46.1. The zero-order chi connectivity index (χ0) is 38.6. The van der Waals surface area contributed by atoms with Gasteiger partial charge in [0.05, 0.1) is 26.4 Å². The lowest BCUT2D eigenvalue weighted by molar-refractivity contribution is 0.0326. The van der Waals surface area contributed by atoms with Gasteiger partial charge in [-0.3, -0.25) is 0 Å². The van der Waals surface area contributed by atoms with Gasteiger partial charge in [0, 0.05) is 38.3 Å². The summed E-state index contributed by atoms with van der Waals surface area (Å²) in [5.74, 6) is 1.11. The number of nitrogens with two attached hydrogens (primary N) is 1. The van der Waals surface area contributed by atoms with Crippen LogP contribution in [0.1, 0.15) is 214 Å². The second-order valence-electron chi connectivity index (χ2n) is 16.4. The van der Waals surface area contributed by atoms with Crippen LogP contribution in [-0.2, 0) is 18.9 Å². The third-order valence-electron chi connectivity index (χ3n) is 10.8. The molecule has 0 rings (SSSR count). The van der Waals surface area contributed by atoms with Gasteiger partial charge in [0.2, 0.25) is 0 Å². The van der Waals surface area contributed by atoms with Crippen molar-refractivity contribution in [2.75, 3.05) is 79.0 Å². The van der Waals surface area contributed by atoms with E-state index in [1.807, 2.05) is 0 Å². The van der Waals surface area contributed by atoms with Crippen molar-refractivity contribution in [3.05, 3.63) is 0 Å². The molecule has 0 bridgehead atoms. The maximum atomic E-state index is 6.11. The Morgan fingerprint density at radius 1 is 0.340 bits per heavy atom. The molecule has 2 N–H and O–H groups in total. The van der Waals surface area contributed by atoms with E-state index in [1.165, 1.54) is 193 Å². The fourth-order valence-electron chi connectivity index (χ4n) is 7.20. The van der Waals surface area contributed by atoms with Crippen molar-refractivity contribution in [1.29, 1.82) is 0 Å². The summed E-state index contributed by atoms with van der Waals surface area (Å²) in [6.45, 7) is 20.7. The van der Waals surface area contributed by atoms with Gasteiger partial charge in [0.25, 0.3) is 0 Å². The zero-order valence-corrected chi connectivity index (χ0v) is 36.8. The van der Waals surface area contributed by atoms with Crippen LogP contribution >= 0.6 is 0 Å². The van der Waals surface area contributed by atoms with Crippen molar-refractivity contribution in [2.45, 2.75) is 214 Å². The van der Waals surface area contributed by atoms with Gasteiger partial charge >= 0.3 is 0 Å². The summed E-state index contributed by atoms with van der Waals surface area (Å²) in [6.07, 6.45) is 37.3. The number of nitrogens with zero attached hydrogens (tertiary/aromatic N) is 1. The standard InChI is InChI=1S/C47H98N2O4/c1-5-9-13-27-38-50-42-46(43-51-39-28-14-10-6-2)32-23-19-17-21-25-35-49(37-31-34-48)36-26-22-18-20-24-33-47(44-52-40-29-15-11-7-3)45-53-41-30-16-12-8-4/h46-47H,5-45,48H2,1-4H3. The van der Waals surface area contributed by atoms with E-state index < -0.39 is 0 Å². The first-order chi connectivity index (χ1) is 26.2. The molecule has 0 heterocycles. The van der Waals surface area contributed by atoms with Crippen molar-refractivity contribution in [3.63, 3.8) is 0 Å². The van der Waals surface area contributed by atoms with E-state index in [0.717, 1.165) is 72.4 Å². The molecule has 6 nitrogen and oxygen atoms in total. The summed E-state index contributed by atoms with van der Waals surface area (Å²) >= 11 is 0. The summed E-state index contributed by atoms with van der Waals surface area (Å²) in [6, 6.07) is 0. The van der Waals surface area contributed by atoms with Crippen LogP contribution in [0.5, 0.6) is 0 Å². The Labute approximate surface area is 333 Å². The largest absolute Gasteiger partial charge is 0.381 e. The zero-order valence-electron chi connectivity index (χ0n) is 36.8. The minimum Gasteiger partial charge on any atom is -0.381 e. The molecule has 0 spiro atoms. The van der Waals surface area contributed by atoms with E-state index in [2.05, 4.69) is 32.6 Å². The van der Waals surface area contributed by atoms with Crippen LogP contribution in [0.2, 0.25) is 0 Å². The maximum absolute atomic E-state index is 6.11. The van der Waals surface area contributed by atoms with Gasteiger partial charge in [0.1, 0.15) is 0 Å². The number of hydrogen-bond acceptors (Lipinski definition) is 6. The third kappa shape index (κ3) is 41.2. The highest BCUT2D eigenvalue weighted by atomic mass is 16.5. The first-order valence-electron chi connectivity index (χ1n) is 23.9. The molecule has 0 saturated heterocycles. The number of unbranched alkanes of at least 4 members (excludes halogenated alkanes) is 20. The molecule has 0 radical (unpaired) electrons. The molecule has 0 unspecified atom stereocenters. The Morgan fingerprint density at radius 3 is 0.943 bits per heavy atom. The number of rotatable bonds is 47. The van der Waals surface area contributed by atoms with Gasteiger partial charge in [0.15, 0.2) is 0 Å². The average Bonchev–Trinajstić information content (AvgIpc) is 3.17. The van der Waals surface area contributed by atoms with Gasteiger partial charge in [-0.15, -0.1) is 0 Å². The molecular formula is C47H98N2O4. The molecule has 53 heavy (non-hydrogen) atoms. The molecule has 0 aliphatic carbocycles. The molecule has 0 amide bonds. The van der Waals surface area contributed by atoms with Crippen LogP contribution in [-0.4, -0.2) is 83.9 Å². The monoisotopic (exact) mass is 755 g/mol. The van der Waals surface area contributed by atoms with E-state index in [4.69, 9.17) is 24.7 Å². The molecule has 6 heteroatoms. The molecule has 0 atom stereocenters. The minimum atomic E-state index is 0.554. The Morgan fingerprint density at radius 2 is 0.623 bits per heavy atom. The summed E-state index contributed by atoms with van der Waals surface area (Å²) < 4.78 is 24.4. The SMILES string of the molecule is CCCCCCOCC(CCCCCCCN(CCCN)CCCCCCCC(COCCCCCC)COCCCCCC)COCCCCCC. The van der Waals surface area contributed by atoms with Crippen molar-refractivity contribution in [1.82, 2.24) is 4.90 Å². The van der Waals surface area contributed by atoms with Crippen LogP contribution in [0.4, 0.5) is 0 Å². The smallest absolute Gasteiger partial charge is 0.0516 e. The van der Waals surface area contributed by atoms with E-state index in [9.17, 15) is 0 Å². The summed E-state index contributed by atoms with van der Waals surface area (Å²) in [5.41, 5.74) is 5.91. The normalized spacial score (nSPS) is 12.0. The van der Waals surface area contributed by atoms with E-state index >= 15 is 0 Å². The summed E-state index contributed by atoms with van der Waals surface area (Å²) in [7, 11) is 0. The van der Waals surface area contributed by atoms with Crippen LogP contribution in [0.3, 0.4) is 0 Å². The first-order valence-corrected chi connectivity index (χ1v) is 23.9. The summed E-state index contributed by atoms with van der Waals surface area (Å²) in [5, 5.41) is 0. The fourth-order valence-corrected chi connectivity index (χ4v) is 7.20. The Hall–Kier alpha value is -0.240. The van der Waals surface area contributed by atoms with E-state index in [1.54, 1.807) is 0 Å². The van der Waals surface area contributed by atoms with Crippen molar-refractivity contribution in [2.24, 2.45) is 17.6 Å². The van der Waals surface area contributed by atoms with Crippen LogP contribution < -0.4 is 5.73 Å². The number of hydrogen-bond donors (Lipinski definition) is 1. The van der Waals surface area contributed by atoms with Crippen LogP contribution in [0, 0.1) is 11.8 Å². The van der Waals surface area contributed by atoms with Crippen LogP contribution in [0.25, 0.3) is 0 Å². The van der Waals surface area contributed by atoms with Crippen LogP contribution in [0.15, 0.2) is 0 Å². The molecule has 0 aliphatic heterocycles. The quantitative estimate of drug-likeness (QED) is 0.0624. The topological polar surface area (TPSA) is 66.2 Å². The molecule has 0 aliphatic rings. The lowest BCUT2D eigenvalue weighted by Crippen LogP contribution is -2.28. The van der Waals surface area contributed by atoms with Crippen molar-refractivity contribution >= 4 is 0 Å². The molecule has 0 saturated carbocycles. The summed E-state index contributed by atoms with van der Waals surface area (Å²) in [4.78, 5) is 2.70. The van der Waals surface area contributed by atoms with Gasteiger partial charge in [-0.2, -0.15) is 0 Å². The molecule has 0 aromatic rings. The first kappa shape index (κ1) is 52.8. The van der Waals surface area contributed by atoms with Gasteiger partial charge in [-0.1, -0.05) is 156 Å². The predicted molar refractivity (Wildman–Crippen MR) is 232 cm³/mol. The van der Waals surface area contributed by atoms with Gasteiger partial charge in [-0.05, 0) is 84.0 Å². The Balaban J connectivity index is 4.25. The molecule has 0 aromatic carbocycles. The lowest BCUT2D eigenvalue weighted by atomic mass is 10.0. The predicted octanol–water partition coefficient (Wildman–Crippen LogP) is 12.9. The van der Waals surface area contributed by atoms with Crippen molar-refractivity contribution in [3.8, 4) is 0 Å². The molecule has 320 valence electrons. The number of ether oxygens (including phenoxy) is 4. The third-order valence-corrected chi connectivity index (χ3v) is 10.8. The minimum absolute atomic E-state index is 0.554. The maximum Gasteiger partial charge on any atom is 0.0516 e. The molecular weight excluding hydrogens is 657 g/mol. The molecule has 0 aromatic heterocycles. The fraction of sp³-hybridized carbons (Fsp3) is 1.00. The average molecular weight is 755 g/mol. The Bertz CT molecular complexity index is 572. The van der Waals surface area contributed by atoms with Gasteiger partial charge in [-0.25, -0.2) is 0 Å². The Kier molecular flexibility index (Phi) is 45.9. The highest BCUT2D eigenvalue weighted by molar-refractivity contribution is 4.63. The van der Waals surface area contributed by atoms with E-state index in [-0.39, 0.29) is 0 Å². The highest BCUT2D eigenvalue weighted by Gasteiger charge is 2.12. The lowest BCUT2D eigenvalue weighted by Gasteiger charge is -2.22. The molecule has 0 fully saturated rings. The second-order valence-corrected chi connectivity index (χ2v) is 16.4. The van der Waals surface area contributed by atoms with Gasteiger partial charge < -0.3 is 29.6 Å². The van der Waals surface area contributed by atoms with Crippen molar-refractivity contribution < 1.29 is 18.9 Å².